The first kappa shape index (κ1) is 18.4. The van der Waals surface area contributed by atoms with Crippen LogP contribution in [0.5, 0.6) is 0 Å². The fourth-order valence-corrected chi connectivity index (χ4v) is 3.76. The highest BCUT2D eigenvalue weighted by atomic mass is 32.1. The van der Waals surface area contributed by atoms with Crippen LogP contribution in [-0.2, 0) is 6.54 Å². The Balaban J connectivity index is 1.77. The first-order valence-corrected chi connectivity index (χ1v) is 9.60. The number of hydrogen-bond donors (Lipinski definition) is 1. The smallest absolute Gasteiger partial charge is 0.322 e. The number of carbonyl (C=O) groups excluding carboxylic acids is 2. The van der Waals surface area contributed by atoms with E-state index in [0.717, 1.165) is 22.0 Å². The van der Waals surface area contributed by atoms with Crippen LogP contribution in [0.3, 0.4) is 0 Å². The molecule has 1 aliphatic rings. The predicted octanol–water partition coefficient (Wildman–Crippen LogP) is 3.38. The Morgan fingerprint density at radius 1 is 1.42 bits per heavy atom. The summed E-state index contributed by atoms with van der Waals surface area (Å²) in [4.78, 5) is 32.7. The average Bonchev–Trinajstić information content (AvgIpc) is 3.24. The van der Waals surface area contributed by atoms with Gasteiger partial charge < -0.3 is 10.2 Å². The lowest BCUT2D eigenvalue weighted by atomic mass is 10.1. The van der Waals surface area contributed by atoms with Crippen LogP contribution in [0.15, 0.2) is 23.6 Å². The summed E-state index contributed by atoms with van der Waals surface area (Å²) in [6.07, 6.45) is 0. The molecule has 3 rings (SSSR count). The molecule has 6 nitrogen and oxygen atoms in total. The molecular formula is C19H24N4O2S. The number of nitrogens with one attached hydrogen (secondary N) is 1. The van der Waals surface area contributed by atoms with Crippen molar-refractivity contribution in [3.8, 4) is 0 Å². The summed E-state index contributed by atoms with van der Waals surface area (Å²) in [6, 6.07) is 5.39. The Bertz CT molecular complexity index is 831. The van der Waals surface area contributed by atoms with Gasteiger partial charge >= 0.3 is 6.03 Å². The topological polar surface area (TPSA) is 65.5 Å². The molecule has 26 heavy (non-hydrogen) atoms. The maximum atomic E-state index is 12.8. The van der Waals surface area contributed by atoms with Gasteiger partial charge in [-0.2, -0.15) is 0 Å². The van der Waals surface area contributed by atoms with E-state index in [1.54, 1.807) is 34.3 Å². The van der Waals surface area contributed by atoms with Crippen molar-refractivity contribution in [2.45, 2.75) is 33.2 Å². The second kappa shape index (κ2) is 7.45. The molecule has 7 heteroatoms. The van der Waals surface area contributed by atoms with Gasteiger partial charge in [0.1, 0.15) is 0 Å². The fourth-order valence-electron chi connectivity index (χ4n) is 2.93. The van der Waals surface area contributed by atoms with Gasteiger partial charge in [0.15, 0.2) is 0 Å². The van der Waals surface area contributed by atoms with Gasteiger partial charge in [-0.3, -0.25) is 9.69 Å². The number of nitrogens with zero attached hydrogens (tertiary/aromatic N) is 3. The van der Waals surface area contributed by atoms with Gasteiger partial charge in [-0.15, -0.1) is 11.3 Å². The third-order valence-corrected chi connectivity index (χ3v) is 5.61. The van der Waals surface area contributed by atoms with E-state index in [-0.39, 0.29) is 11.9 Å². The SMILES string of the molecule is Cc1ccc(C(=O)N(C)Cc2csc(C(C)C)n2)cc1N1CCNC1=O. The Morgan fingerprint density at radius 3 is 2.81 bits per heavy atom. The van der Waals surface area contributed by atoms with Gasteiger partial charge in [-0.25, -0.2) is 9.78 Å². The largest absolute Gasteiger partial charge is 0.336 e. The van der Waals surface area contributed by atoms with Crippen LogP contribution in [0.4, 0.5) is 10.5 Å². The second-order valence-electron chi connectivity index (χ2n) is 6.88. The minimum Gasteiger partial charge on any atom is -0.336 e. The van der Waals surface area contributed by atoms with Crippen LogP contribution in [0.2, 0.25) is 0 Å². The van der Waals surface area contributed by atoms with Crippen LogP contribution in [0.25, 0.3) is 0 Å². The summed E-state index contributed by atoms with van der Waals surface area (Å²) in [5, 5.41) is 5.89. The summed E-state index contributed by atoms with van der Waals surface area (Å²) in [7, 11) is 1.78. The van der Waals surface area contributed by atoms with Crippen molar-refractivity contribution >= 4 is 29.0 Å². The van der Waals surface area contributed by atoms with Crippen LogP contribution in [0, 0.1) is 6.92 Å². The zero-order valence-corrected chi connectivity index (χ0v) is 16.4. The van der Waals surface area contributed by atoms with Crippen molar-refractivity contribution in [1.82, 2.24) is 15.2 Å². The number of benzene rings is 1. The molecule has 0 spiro atoms. The lowest BCUT2D eigenvalue weighted by Crippen LogP contribution is -2.29. The predicted molar refractivity (Wildman–Crippen MR) is 104 cm³/mol. The zero-order chi connectivity index (χ0) is 18.8. The molecule has 0 radical (unpaired) electrons. The molecule has 138 valence electrons. The molecule has 2 heterocycles. The Morgan fingerprint density at radius 2 is 2.19 bits per heavy atom. The molecule has 1 aromatic heterocycles. The molecule has 0 bridgehead atoms. The molecule has 0 aliphatic carbocycles. The summed E-state index contributed by atoms with van der Waals surface area (Å²) in [5.41, 5.74) is 3.24. The Hall–Kier alpha value is -2.41. The Labute approximate surface area is 157 Å². The normalized spacial score (nSPS) is 14.0. The molecule has 1 aliphatic heterocycles. The quantitative estimate of drug-likeness (QED) is 0.875. The van der Waals surface area contributed by atoms with E-state index >= 15 is 0 Å². The van der Waals surface area contributed by atoms with Crippen LogP contribution < -0.4 is 10.2 Å². The molecular weight excluding hydrogens is 348 g/mol. The van der Waals surface area contributed by atoms with Crippen molar-refractivity contribution in [2.24, 2.45) is 0 Å². The third kappa shape index (κ3) is 3.72. The number of carbonyl (C=O) groups is 2. The molecule has 0 atom stereocenters. The van der Waals surface area contributed by atoms with Gasteiger partial charge in [0.05, 0.1) is 17.2 Å². The van der Waals surface area contributed by atoms with Crippen LogP contribution >= 0.6 is 11.3 Å². The lowest BCUT2D eigenvalue weighted by molar-refractivity contribution is 0.0783. The molecule has 0 saturated carbocycles. The van der Waals surface area contributed by atoms with Gasteiger partial charge in [-0.05, 0) is 24.6 Å². The summed E-state index contributed by atoms with van der Waals surface area (Å²) in [5.74, 6) is 0.311. The van der Waals surface area contributed by atoms with E-state index in [1.807, 2.05) is 24.4 Å². The van der Waals surface area contributed by atoms with E-state index in [1.165, 1.54) is 0 Å². The molecule has 1 saturated heterocycles. The van der Waals surface area contributed by atoms with E-state index in [0.29, 0.717) is 31.1 Å². The van der Waals surface area contributed by atoms with Crippen molar-refractivity contribution in [3.05, 3.63) is 45.4 Å². The maximum absolute atomic E-state index is 12.8. The van der Waals surface area contributed by atoms with Gasteiger partial charge in [0, 0.05) is 42.7 Å². The van der Waals surface area contributed by atoms with E-state index in [4.69, 9.17) is 0 Å². The molecule has 1 fully saturated rings. The first-order chi connectivity index (χ1) is 12.4. The number of hydrogen-bond acceptors (Lipinski definition) is 4. The minimum absolute atomic E-state index is 0.0787. The van der Waals surface area contributed by atoms with E-state index in [9.17, 15) is 9.59 Å². The van der Waals surface area contributed by atoms with Gasteiger partial charge in [0.2, 0.25) is 0 Å². The second-order valence-corrected chi connectivity index (χ2v) is 7.77. The molecule has 2 aromatic rings. The van der Waals surface area contributed by atoms with Crippen molar-refractivity contribution < 1.29 is 9.59 Å². The highest BCUT2D eigenvalue weighted by molar-refractivity contribution is 7.09. The highest BCUT2D eigenvalue weighted by Crippen LogP contribution is 2.25. The van der Waals surface area contributed by atoms with Gasteiger partial charge in [0.25, 0.3) is 5.91 Å². The molecule has 0 unspecified atom stereocenters. The zero-order valence-electron chi connectivity index (χ0n) is 15.6. The molecule has 1 aromatic carbocycles. The summed E-state index contributed by atoms with van der Waals surface area (Å²) in [6.45, 7) is 7.87. The Kier molecular flexibility index (Phi) is 5.27. The lowest BCUT2D eigenvalue weighted by Gasteiger charge is -2.20. The standard InChI is InChI=1S/C19H24N4O2S/c1-12(2)17-21-15(11-26-17)10-22(4)18(24)14-6-5-13(3)16(9-14)23-8-7-20-19(23)25/h5-6,9,11-12H,7-8,10H2,1-4H3,(H,20,25). The number of thiazole rings is 1. The maximum Gasteiger partial charge on any atom is 0.322 e. The number of amides is 3. The van der Waals surface area contributed by atoms with Gasteiger partial charge in [-0.1, -0.05) is 19.9 Å². The van der Waals surface area contributed by atoms with Crippen molar-refractivity contribution in [1.29, 1.82) is 0 Å². The van der Waals surface area contributed by atoms with E-state index in [2.05, 4.69) is 24.1 Å². The monoisotopic (exact) mass is 372 g/mol. The summed E-state index contributed by atoms with van der Waals surface area (Å²) < 4.78 is 0. The molecule has 1 N–H and O–H groups in total. The number of aromatic nitrogens is 1. The number of rotatable bonds is 5. The fraction of sp³-hybridized carbons (Fsp3) is 0.421. The third-order valence-electron chi connectivity index (χ3n) is 4.41. The number of aryl methyl sites for hydroxylation is 1. The van der Waals surface area contributed by atoms with Crippen LogP contribution in [-0.4, -0.2) is 42.0 Å². The van der Waals surface area contributed by atoms with Crippen molar-refractivity contribution in [3.63, 3.8) is 0 Å². The van der Waals surface area contributed by atoms with E-state index < -0.39 is 0 Å². The molecule has 3 amide bonds. The van der Waals surface area contributed by atoms with Crippen LogP contribution in [0.1, 0.15) is 46.4 Å². The minimum atomic E-state index is -0.116. The summed E-state index contributed by atoms with van der Waals surface area (Å²) >= 11 is 1.63. The van der Waals surface area contributed by atoms with Crippen molar-refractivity contribution in [2.75, 3.05) is 25.0 Å². The highest BCUT2D eigenvalue weighted by Gasteiger charge is 2.24. The first-order valence-electron chi connectivity index (χ1n) is 8.72. The average molecular weight is 372 g/mol. The number of anilines is 1. The number of urea groups is 1.